The van der Waals surface area contributed by atoms with Crippen LogP contribution in [0.1, 0.15) is 117 Å². The van der Waals surface area contributed by atoms with Gasteiger partial charge in [0.15, 0.2) is 0 Å². The minimum atomic E-state index is -0.0260. The SMILES string of the molecule is CCCCCCC(C)(CCCC)n1nnc2c1CCC1C(CC2)C1COC(C)(C)C. The summed E-state index contributed by atoms with van der Waals surface area (Å²) in [5.74, 6) is 2.44. The Hall–Kier alpha value is -0.900. The Morgan fingerprint density at radius 3 is 2.23 bits per heavy atom. The van der Waals surface area contributed by atoms with Crippen LogP contribution in [0.4, 0.5) is 0 Å². The van der Waals surface area contributed by atoms with Crippen LogP contribution in [0.3, 0.4) is 0 Å². The lowest BCUT2D eigenvalue weighted by atomic mass is 9.87. The van der Waals surface area contributed by atoms with Gasteiger partial charge in [0.05, 0.1) is 29.1 Å². The molecule has 1 aromatic heterocycles. The molecule has 30 heavy (non-hydrogen) atoms. The molecule has 0 radical (unpaired) electrons. The normalized spacial score (nSPS) is 25.7. The molecule has 1 fully saturated rings. The predicted octanol–water partition coefficient (Wildman–Crippen LogP) is 6.71. The zero-order valence-corrected chi connectivity index (χ0v) is 20.7. The summed E-state index contributed by atoms with van der Waals surface area (Å²) in [6.45, 7) is 14.5. The minimum absolute atomic E-state index is 0.0260. The van der Waals surface area contributed by atoms with Crippen LogP contribution >= 0.6 is 0 Å². The topological polar surface area (TPSA) is 39.9 Å². The Morgan fingerprint density at radius 2 is 1.57 bits per heavy atom. The van der Waals surface area contributed by atoms with E-state index in [2.05, 4.69) is 46.2 Å². The Balaban J connectivity index is 1.68. The summed E-state index contributed by atoms with van der Waals surface area (Å²) >= 11 is 0. The summed E-state index contributed by atoms with van der Waals surface area (Å²) in [5.41, 5.74) is 2.83. The molecule has 4 nitrogen and oxygen atoms in total. The molecule has 172 valence electrons. The predicted molar refractivity (Wildman–Crippen MR) is 125 cm³/mol. The average Bonchev–Trinajstić information content (AvgIpc) is 3.17. The molecule has 0 amide bonds. The molecule has 1 saturated carbocycles. The molecule has 2 aliphatic carbocycles. The lowest BCUT2D eigenvalue weighted by molar-refractivity contribution is -0.0122. The van der Waals surface area contributed by atoms with Crippen molar-refractivity contribution < 1.29 is 4.74 Å². The third-order valence-corrected chi connectivity index (χ3v) is 7.64. The van der Waals surface area contributed by atoms with Crippen molar-refractivity contribution in [2.24, 2.45) is 17.8 Å². The summed E-state index contributed by atoms with van der Waals surface area (Å²) < 4.78 is 8.52. The number of hydrogen-bond acceptors (Lipinski definition) is 3. The zero-order chi connectivity index (χ0) is 21.8. The van der Waals surface area contributed by atoms with Crippen LogP contribution in [-0.4, -0.2) is 27.2 Å². The second kappa shape index (κ2) is 10.1. The summed E-state index contributed by atoms with van der Waals surface area (Å²) in [6.07, 6.45) is 15.1. The van der Waals surface area contributed by atoms with Gasteiger partial charge in [-0.1, -0.05) is 57.6 Å². The van der Waals surface area contributed by atoms with Crippen molar-refractivity contribution in [3.63, 3.8) is 0 Å². The van der Waals surface area contributed by atoms with Gasteiger partial charge in [-0.2, -0.15) is 0 Å². The molecule has 0 bridgehead atoms. The molecule has 4 heteroatoms. The molecular weight excluding hydrogens is 370 g/mol. The third kappa shape index (κ3) is 5.87. The van der Waals surface area contributed by atoms with Gasteiger partial charge in [0.1, 0.15) is 0 Å². The second-order valence-electron chi connectivity index (χ2n) is 11.3. The molecule has 4 unspecified atom stereocenters. The van der Waals surface area contributed by atoms with Gasteiger partial charge in [-0.3, -0.25) is 0 Å². The summed E-state index contributed by atoms with van der Waals surface area (Å²) in [5, 5.41) is 9.50. The largest absolute Gasteiger partial charge is 0.376 e. The fraction of sp³-hybridized carbons (Fsp3) is 0.923. The van der Waals surface area contributed by atoms with E-state index >= 15 is 0 Å². The van der Waals surface area contributed by atoms with Crippen molar-refractivity contribution in [3.8, 4) is 0 Å². The summed E-state index contributed by atoms with van der Waals surface area (Å²) in [6, 6.07) is 0. The van der Waals surface area contributed by atoms with Crippen LogP contribution in [-0.2, 0) is 23.1 Å². The van der Waals surface area contributed by atoms with Gasteiger partial charge in [-0.15, -0.1) is 5.10 Å². The molecule has 0 aromatic carbocycles. The highest BCUT2D eigenvalue weighted by atomic mass is 16.5. The number of hydrogen-bond donors (Lipinski definition) is 0. The lowest BCUT2D eigenvalue weighted by Crippen LogP contribution is -2.33. The number of nitrogens with zero attached hydrogens (tertiary/aromatic N) is 3. The number of ether oxygens (including phenoxy) is 1. The van der Waals surface area contributed by atoms with Crippen LogP contribution in [0, 0.1) is 17.8 Å². The first-order chi connectivity index (χ1) is 14.3. The van der Waals surface area contributed by atoms with Gasteiger partial charge < -0.3 is 4.74 Å². The Labute approximate surface area is 185 Å². The standard InChI is InChI=1S/C26H47N3O/c1-7-9-11-12-18-26(6,17-10-8-2)29-24-16-14-21-20(13-15-23(24)27-28-29)22(21)19-30-25(3,4)5/h20-22H,7-19H2,1-6H3. The van der Waals surface area contributed by atoms with Crippen LogP contribution in [0.15, 0.2) is 0 Å². The van der Waals surface area contributed by atoms with Gasteiger partial charge in [-0.05, 0) is 84.0 Å². The quantitative estimate of drug-likeness (QED) is 0.376. The van der Waals surface area contributed by atoms with Gasteiger partial charge in [-0.25, -0.2) is 4.68 Å². The van der Waals surface area contributed by atoms with E-state index in [1.165, 1.54) is 75.6 Å². The smallest absolute Gasteiger partial charge is 0.0859 e. The molecule has 3 rings (SSSR count). The average molecular weight is 418 g/mol. The number of aryl methyl sites for hydroxylation is 1. The minimum Gasteiger partial charge on any atom is -0.376 e. The zero-order valence-electron chi connectivity index (χ0n) is 20.7. The summed E-state index contributed by atoms with van der Waals surface area (Å²) in [4.78, 5) is 0. The van der Waals surface area contributed by atoms with Crippen molar-refractivity contribution in [3.05, 3.63) is 11.4 Å². The van der Waals surface area contributed by atoms with E-state index in [1.807, 2.05) is 0 Å². The van der Waals surface area contributed by atoms with Crippen molar-refractivity contribution >= 4 is 0 Å². The van der Waals surface area contributed by atoms with Crippen molar-refractivity contribution in [2.45, 2.75) is 130 Å². The Kier molecular flexibility index (Phi) is 8.03. The number of aromatic nitrogens is 3. The van der Waals surface area contributed by atoms with E-state index in [0.717, 1.165) is 37.2 Å². The van der Waals surface area contributed by atoms with Gasteiger partial charge >= 0.3 is 0 Å². The molecule has 2 aliphatic rings. The Morgan fingerprint density at radius 1 is 0.900 bits per heavy atom. The molecule has 0 aliphatic heterocycles. The fourth-order valence-electron chi connectivity index (χ4n) is 5.62. The van der Waals surface area contributed by atoms with Crippen LogP contribution < -0.4 is 0 Å². The fourth-order valence-corrected chi connectivity index (χ4v) is 5.62. The van der Waals surface area contributed by atoms with Crippen molar-refractivity contribution in [2.75, 3.05) is 6.61 Å². The van der Waals surface area contributed by atoms with E-state index in [1.54, 1.807) is 0 Å². The highest BCUT2D eigenvalue weighted by Gasteiger charge is 2.50. The van der Waals surface area contributed by atoms with Crippen LogP contribution in [0.5, 0.6) is 0 Å². The van der Waals surface area contributed by atoms with Crippen LogP contribution in [0.25, 0.3) is 0 Å². The molecule has 0 N–H and O–H groups in total. The monoisotopic (exact) mass is 417 g/mol. The van der Waals surface area contributed by atoms with E-state index in [-0.39, 0.29) is 11.1 Å². The maximum Gasteiger partial charge on any atom is 0.0859 e. The lowest BCUT2D eigenvalue weighted by Gasteiger charge is -2.32. The Bertz CT molecular complexity index is 662. The second-order valence-corrected chi connectivity index (χ2v) is 11.3. The number of rotatable bonds is 11. The number of fused-ring (bicyclic) bond motifs is 2. The third-order valence-electron chi connectivity index (χ3n) is 7.64. The molecule has 0 saturated heterocycles. The molecule has 0 spiro atoms. The van der Waals surface area contributed by atoms with E-state index in [0.29, 0.717) is 0 Å². The van der Waals surface area contributed by atoms with Gasteiger partial charge in [0, 0.05) is 0 Å². The number of unbranched alkanes of at least 4 members (excludes halogenated alkanes) is 4. The molecule has 1 aromatic rings. The first-order valence-electron chi connectivity index (χ1n) is 12.9. The molecular formula is C26H47N3O. The van der Waals surface area contributed by atoms with Crippen molar-refractivity contribution in [1.29, 1.82) is 0 Å². The van der Waals surface area contributed by atoms with Gasteiger partial charge in [0.2, 0.25) is 0 Å². The first kappa shape index (κ1) is 23.8. The van der Waals surface area contributed by atoms with Crippen molar-refractivity contribution in [1.82, 2.24) is 15.0 Å². The van der Waals surface area contributed by atoms with Gasteiger partial charge in [0.25, 0.3) is 0 Å². The molecule has 4 atom stereocenters. The maximum absolute atomic E-state index is 6.14. The molecule has 1 heterocycles. The first-order valence-corrected chi connectivity index (χ1v) is 12.9. The van der Waals surface area contributed by atoms with Crippen LogP contribution in [0.2, 0.25) is 0 Å². The van der Waals surface area contributed by atoms with E-state index < -0.39 is 0 Å². The highest BCUT2D eigenvalue weighted by Crippen LogP contribution is 2.53. The highest BCUT2D eigenvalue weighted by molar-refractivity contribution is 5.17. The van der Waals surface area contributed by atoms with E-state index in [9.17, 15) is 0 Å². The maximum atomic E-state index is 6.14. The van der Waals surface area contributed by atoms with E-state index in [4.69, 9.17) is 15.0 Å². The summed E-state index contributed by atoms with van der Waals surface area (Å²) in [7, 11) is 0.